The van der Waals surface area contributed by atoms with Crippen molar-refractivity contribution < 1.29 is 0 Å². The molecule has 0 bridgehead atoms. The summed E-state index contributed by atoms with van der Waals surface area (Å²) in [6.07, 6.45) is 0. The Morgan fingerprint density at radius 1 is 1.78 bits per heavy atom. The maximum Gasteiger partial charge on any atom is 0.149 e. The van der Waals surface area contributed by atoms with Gasteiger partial charge in [-0.25, -0.2) is 4.98 Å². The summed E-state index contributed by atoms with van der Waals surface area (Å²) < 4.78 is 0. The zero-order valence-corrected chi connectivity index (χ0v) is 4.97. The van der Waals surface area contributed by atoms with Crippen LogP contribution in [0.4, 0.5) is 0 Å². The van der Waals surface area contributed by atoms with Crippen molar-refractivity contribution in [3.8, 4) is 6.07 Å². The number of nitriles is 1. The first-order valence-electron chi connectivity index (χ1n) is 2.50. The summed E-state index contributed by atoms with van der Waals surface area (Å²) in [5.74, 6) is 0. The van der Waals surface area contributed by atoms with E-state index in [2.05, 4.69) is 17.1 Å². The van der Waals surface area contributed by atoms with Gasteiger partial charge < -0.3 is 0 Å². The third kappa shape index (κ3) is 1.17. The van der Waals surface area contributed by atoms with E-state index in [0.717, 1.165) is 0 Å². The summed E-state index contributed by atoms with van der Waals surface area (Å²) in [7, 11) is 0. The summed E-state index contributed by atoms with van der Waals surface area (Å²) in [6.45, 7) is 1.78. The van der Waals surface area contributed by atoms with Crippen LogP contribution in [0.1, 0.15) is 11.4 Å². The van der Waals surface area contributed by atoms with Crippen LogP contribution in [0, 0.1) is 30.4 Å². The maximum atomic E-state index is 8.32. The fourth-order valence-corrected chi connectivity index (χ4v) is 0.507. The molecule has 1 rings (SSSR count). The summed E-state index contributed by atoms with van der Waals surface area (Å²) in [4.78, 5) is 3.84. The van der Waals surface area contributed by atoms with Crippen molar-refractivity contribution in [3.05, 3.63) is 29.6 Å². The Morgan fingerprint density at radius 3 is 3.00 bits per heavy atom. The van der Waals surface area contributed by atoms with Crippen LogP contribution in [-0.4, -0.2) is 4.98 Å². The molecule has 0 aliphatic rings. The van der Waals surface area contributed by atoms with Gasteiger partial charge in [-0.1, -0.05) is 6.07 Å². The molecule has 0 atom stereocenters. The normalized spacial score (nSPS) is 7.56. The smallest absolute Gasteiger partial charge is 0.149 e. The zero-order chi connectivity index (χ0) is 6.69. The van der Waals surface area contributed by atoms with Gasteiger partial charge in [-0.05, 0) is 13.0 Å². The molecular formula is C7H4N2. The molecular weight excluding hydrogens is 112 g/mol. The van der Waals surface area contributed by atoms with Gasteiger partial charge in [0.05, 0.1) is 5.69 Å². The van der Waals surface area contributed by atoms with E-state index < -0.39 is 0 Å². The lowest BCUT2D eigenvalue weighted by molar-refractivity contribution is 1.17. The lowest BCUT2D eigenvalue weighted by Gasteiger charge is -1.82. The summed E-state index contributed by atoms with van der Waals surface area (Å²) in [6, 6.07) is 8.80. The van der Waals surface area contributed by atoms with E-state index >= 15 is 0 Å². The van der Waals surface area contributed by atoms with Gasteiger partial charge in [-0.2, -0.15) is 5.26 Å². The average molecular weight is 116 g/mol. The number of aryl methyl sites for hydroxylation is 1. The van der Waals surface area contributed by atoms with Crippen molar-refractivity contribution in [3.63, 3.8) is 0 Å². The third-order valence-electron chi connectivity index (χ3n) is 0.865. The number of hydrogen-bond acceptors (Lipinski definition) is 2. The van der Waals surface area contributed by atoms with Crippen LogP contribution in [0.25, 0.3) is 0 Å². The second-order valence-electron chi connectivity index (χ2n) is 1.61. The zero-order valence-electron chi connectivity index (χ0n) is 4.97. The molecule has 0 aliphatic carbocycles. The van der Waals surface area contributed by atoms with Crippen LogP contribution in [-0.2, 0) is 0 Å². The molecule has 0 aromatic carbocycles. The van der Waals surface area contributed by atoms with Crippen LogP contribution < -0.4 is 0 Å². The minimum atomic E-state index is 0.395. The predicted molar refractivity (Wildman–Crippen MR) is 31.4 cm³/mol. The molecule has 0 radical (unpaired) electrons. The molecule has 0 unspecified atom stereocenters. The first kappa shape index (κ1) is 5.59. The molecule has 9 heavy (non-hydrogen) atoms. The quantitative estimate of drug-likeness (QED) is 0.504. The van der Waals surface area contributed by atoms with Crippen molar-refractivity contribution in [2.45, 2.75) is 6.92 Å². The second kappa shape index (κ2) is 2.15. The van der Waals surface area contributed by atoms with Gasteiger partial charge in [0.2, 0.25) is 0 Å². The average Bonchev–Trinajstić information content (AvgIpc) is 1.88. The lowest BCUT2D eigenvalue weighted by Crippen LogP contribution is -1.81. The monoisotopic (exact) mass is 116 g/mol. The molecule has 0 amide bonds. The highest BCUT2D eigenvalue weighted by atomic mass is 14.7. The first-order chi connectivity index (χ1) is 4.33. The Kier molecular flexibility index (Phi) is 1.34. The van der Waals surface area contributed by atoms with E-state index in [-0.39, 0.29) is 0 Å². The van der Waals surface area contributed by atoms with Crippen molar-refractivity contribution in [1.29, 1.82) is 5.26 Å². The third-order valence-corrected chi connectivity index (χ3v) is 0.865. The van der Waals surface area contributed by atoms with Gasteiger partial charge in [0.25, 0.3) is 0 Å². The molecule has 0 aliphatic heterocycles. The van der Waals surface area contributed by atoms with Crippen LogP contribution in [0.2, 0.25) is 0 Å². The maximum absolute atomic E-state index is 8.32. The minimum Gasteiger partial charge on any atom is -0.233 e. The molecule has 1 aromatic heterocycles. The van der Waals surface area contributed by atoms with E-state index in [1.165, 1.54) is 6.07 Å². The van der Waals surface area contributed by atoms with Gasteiger partial charge in [0, 0.05) is 6.07 Å². The highest BCUT2D eigenvalue weighted by molar-refractivity contribution is 5.17. The molecule has 0 fully saturated rings. The summed E-state index contributed by atoms with van der Waals surface area (Å²) in [5, 5.41) is 8.32. The summed E-state index contributed by atoms with van der Waals surface area (Å²) in [5.41, 5.74) is 1.10. The molecule has 0 saturated heterocycles. The highest BCUT2D eigenvalue weighted by Gasteiger charge is 1.86. The topological polar surface area (TPSA) is 36.7 Å². The second-order valence-corrected chi connectivity index (χ2v) is 1.61. The first-order valence-corrected chi connectivity index (χ1v) is 2.50. The molecule has 0 N–H and O–H groups in total. The number of aromatic nitrogens is 1. The molecule has 1 aromatic rings. The van der Waals surface area contributed by atoms with E-state index in [1.54, 1.807) is 6.92 Å². The van der Waals surface area contributed by atoms with E-state index in [0.29, 0.717) is 11.4 Å². The van der Waals surface area contributed by atoms with E-state index in [1.807, 2.05) is 6.07 Å². The van der Waals surface area contributed by atoms with E-state index in [9.17, 15) is 0 Å². The van der Waals surface area contributed by atoms with Crippen LogP contribution in [0.15, 0.2) is 6.07 Å². The summed E-state index contributed by atoms with van der Waals surface area (Å²) >= 11 is 0. The van der Waals surface area contributed by atoms with Crippen LogP contribution in [0.5, 0.6) is 0 Å². The van der Waals surface area contributed by atoms with E-state index in [4.69, 9.17) is 5.26 Å². The fraction of sp³-hybridized carbons (Fsp3) is 0.143. The van der Waals surface area contributed by atoms with Gasteiger partial charge in [-0.3, -0.25) is 0 Å². The standard InChI is InChI=1S/C7H4N2/c1-6-3-2-4-7(5-8)9-6/h4H,1H3. The Morgan fingerprint density at radius 2 is 2.56 bits per heavy atom. The molecule has 0 spiro atoms. The molecule has 42 valence electrons. The van der Waals surface area contributed by atoms with Gasteiger partial charge in [0.1, 0.15) is 11.8 Å². The Hall–Kier alpha value is -1.54. The number of rotatable bonds is 0. The Balaban J connectivity index is 3.12. The van der Waals surface area contributed by atoms with Gasteiger partial charge >= 0.3 is 0 Å². The largest absolute Gasteiger partial charge is 0.233 e. The molecule has 2 nitrogen and oxygen atoms in total. The van der Waals surface area contributed by atoms with Crippen LogP contribution in [0.3, 0.4) is 0 Å². The van der Waals surface area contributed by atoms with Crippen molar-refractivity contribution >= 4 is 0 Å². The molecule has 0 saturated carbocycles. The Bertz CT molecular complexity index is 247. The molecule has 2 heteroatoms. The number of hydrogen-bond donors (Lipinski definition) is 0. The van der Waals surface area contributed by atoms with Crippen molar-refractivity contribution in [2.24, 2.45) is 0 Å². The predicted octanol–water partition coefficient (Wildman–Crippen LogP) is 0.862. The minimum absolute atomic E-state index is 0.395. The van der Waals surface area contributed by atoms with Crippen LogP contribution >= 0.6 is 0 Å². The van der Waals surface area contributed by atoms with Crippen molar-refractivity contribution in [1.82, 2.24) is 4.98 Å². The van der Waals surface area contributed by atoms with Crippen molar-refractivity contribution in [2.75, 3.05) is 0 Å². The molecule has 1 heterocycles. The SMILES string of the molecule is Cc1c#ccc(C#N)n1. The van der Waals surface area contributed by atoms with Gasteiger partial charge in [-0.15, -0.1) is 0 Å². The Labute approximate surface area is 53.8 Å². The van der Waals surface area contributed by atoms with Gasteiger partial charge in [0.15, 0.2) is 0 Å². The number of nitrogens with zero attached hydrogens (tertiary/aromatic N) is 2. The lowest BCUT2D eigenvalue weighted by atomic mass is 10.4. The highest BCUT2D eigenvalue weighted by Crippen LogP contribution is 1.88. The fourth-order valence-electron chi connectivity index (χ4n) is 0.507.